The minimum atomic E-state index is -1.07. The van der Waals surface area contributed by atoms with Gasteiger partial charge in [0.15, 0.2) is 0 Å². The highest BCUT2D eigenvalue weighted by molar-refractivity contribution is 7.22. The number of nitrogens with one attached hydrogen (secondary N) is 2. The molecule has 1 atom stereocenters. The number of pyridine rings is 1. The molecule has 12 nitrogen and oxygen atoms in total. The number of carboxylic acids is 1. The third-order valence-corrected chi connectivity index (χ3v) is 8.24. The van der Waals surface area contributed by atoms with E-state index in [0.717, 1.165) is 15.6 Å². The third kappa shape index (κ3) is 7.93. The molecule has 13 heteroatoms. The van der Waals surface area contributed by atoms with Crippen LogP contribution in [0.25, 0.3) is 10.1 Å². The fraction of sp³-hybridized carbons (Fsp3) is 0.448. The van der Waals surface area contributed by atoms with Gasteiger partial charge in [-0.25, -0.2) is 4.79 Å². The largest absolute Gasteiger partial charge is 0.481 e. The molecule has 0 saturated heterocycles. The molecule has 1 fully saturated rings. The molecule has 3 N–H and O–H groups in total. The average molecular weight is 599 g/mol. The van der Waals surface area contributed by atoms with E-state index in [-0.39, 0.29) is 44.6 Å². The molecule has 2 aromatic heterocycles. The molecular formula is C29H34N4O8S. The predicted molar refractivity (Wildman–Crippen MR) is 156 cm³/mol. The SMILES string of the molecule is CC(C)(C)OC(=O)NCC(C(=O)Nc1cc2ccncc2s1)c1ccc(CC2(C(=O)O)CCC(O[N+](=O)[O-])CC2)cc1. The molecular weight excluding hydrogens is 564 g/mol. The lowest BCUT2D eigenvalue weighted by Gasteiger charge is -2.36. The van der Waals surface area contributed by atoms with Crippen LogP contribution in [-0.2, 0) is 25.6 Å². The van der Waals surface area contributed by atoms with Gasteiger partial charge in [-0.05, 0) is 81.5 Å². The predicted octanol–water partition coefficient (Wildman–Crippen LogP) is 5.31. The smallest absolute Gasteiger partial charge is 0.407 e. The van der Waals surface area contributed by atoms with E-state index in [9.17, 15) is 29.6 Å². The summed E-state index contributed by atoms with van der Waals surface area (Å²) in [5, 5.41) is 27.1. The summed E-state index contributed by atoms with van der Waals surface area (Å²) in [5.74, 6) is -2.05. The highest BCUT2D eigenvalue weighted by Crippen LogP contribution is 2.41. The molecule has 4 rings (SSSR count). The quantitative estimate of drug-likeness (QED) is 0.207. The van der Waals surface area contributed by atoms with Gasteiger partial charge in [0.2, 0.25) is 5.91 Å². The van der Waals surface area contributed by atoms with Gasteiger partial charge in [0.1, 0.15) is 11.7 Å². The highest BCUT2D eigenvalue weighted by atomic mass is 32.1. The molecule has 3 aromatic rings. The number of thiophene rings is 1. The number of anilines is 1. The molecule has 0 radical (unpaired) electrons. The van der Waals surface area contributed by atoms with Gasteiger partial charge in [0, 0.05) is 18.9 Å². The van der Waals surface area contributed by atoms with Gasteiger partial charge in [-0.3, -0.25) is 14.6 Å². The second-order valence-corrected chi connectivity index (χ2v) is 12.6. The van der Waals surface area contributed by atoms with Gasteiger partial charge >= 0.3 is 12.1 Å². The lowest BCUT2D eigenvalue weighted by molar-refractivity contribution is -0.769. The Hall–Kier alpha value is -4.26. The molecule has 1 aliphatic carbocycles. The molecule has 0 aliphatic heterocycles. The van der Waals surface area contributed by atoms with Crippen LogP contribution < -0.4 is 10.6 Å². The van der Waals surface area contributed by atoms with Gasteiger partial charge in [0.25, 0.3) is 5.09 Å². The Bertz CT molecular complexity index is 1410. The number of carboxylic acid groups (broad SMARTS) is 1. The summed E-state index contributed by atoms with van der Waals surface area (Å²) in [4.78, 5) is 57.6. The van der Waals surface area contributed by atoms with Gasteiger partial charge in [-0.15, -0.1) is 21.5 Å². The lowest BCUT2D eigenvalue weighted by atomic mass is 9.69. The molecule has 2 heterocycles. The number of benzene rings is 1. The van der Waals surface area contributed by atoms with Crippen LogP contribution in [0.3, 0.4) is 0 Å². The Morgan fingerprint density at radius 3 is 2.48 bits per heavy atom. The van der Waals surface area contributed by atoms with Crippen molar-refractivity contribution < 1.29 is 34.2 Å². The third-order valence-electron chi connectivity index (χ3n) is 7.24. The number of ether oxygens (including phenoxy) is 1. The van der Waals surface area contributed by atoms with E-state index in [1.54, 1.807) is 57.4 Å². The van der Waals surface area contributed by atoms with Crippen LogP contribution in [0.5, 0.6) is 0 Å². The molecule has 224 valence electrons. The first kappa shape index (κ1) is 30.7. The van der Waals surface area contributed by atoms with Crippen molar-refractivity contribution in [3.8, 4) is 0 Å². The van der Waals surface area contributed by atoms with E-state index in [0.29, 0.717) is 10.6 Å². The molecule has 42 heavy (non-hydrogen) atoms. The number of aliphatic carboxylic acids is 1. The first-order valence-corrected chi connectivity index (χ1v) is 14.4. The van der Waals surface area contributed by atoms with E-state index < -0.39 is 40.2 Å². The zero-order valence-corrected chi connectivity index (χ0v) is 24.4. The number of aromatic nitrogens is 1. The van der Waals surface area contributed by atoms with Gasteiger partial charge in [0.05, 0.1) is 21.0 Å². The van der Waals surface area contributed by atoms with Crippen LogP contribution in [0.15, 0.2) is 48.8 Å². The minimum absolute atomic E-state index is 0.0244. The molecule has 1 unspecified atom stereocenters. The van der Waals surface area contributed by atoms with Crippen molar-refractivity contribution in [3.05, 3.63) is 70.0 Å². The Morgan fingerprint density at radius 2 is 1.88 bits per heavy atom. The molecule has 0 spiro atoms. The van der Waals surface area contributed by atoms with Crippen molar-refractivity contribution >= 4 is 44.4 Å². The average Bonchev–Trinajstić information content (AvgIpc) is 3.32. The Labute approximate surface area is 246 Å². The Kier molecular flexibility index (Phi) is 9.30. The summed E-state index contributed by atoms with van der Waals surface area (Å²) in [7, 11) is 0. The number of carbonyl (C=O) groups excluding carboxylic acids is 2. The molecule has 1 aliphatic rings. The van der Waals surface area contributed by atoms with Gasteiger partial charge in [-0.2, -0.15) is 0 Å². The Morgan fingerprint density at radius 1 is 1.19 bits per heavy atom. The van der Waals surface area contributed by atoms with E-state index in [4.69, 9.17) is 4.74 Å². The van der Waals surface area contributed by atoms with Crippen LogP contribution in [0.2, 0.25) is 0 Å². The summed E-state index contributed by atoms with van der Waals surface area (Å²) < 4.78 is 6.26. The highest BCUT2D eigenvalue weighted by Gasteiger charge is 2.43. The molecule has 0 bridgehead atoms. The maximum Gasteiger partial charge on any atom is 0.407 e. The van der Waals surface area contributed by atoms with Crippen LogP contribution >= 0.6 is 11.3 Å². The summed E-state index contributed by atoms with van der Waals surface area (Å²) >= 11 is 1.39. The number of carbonyl (C=O) groups is 3. The number of amides is 2. The normalized spacial score (nSPS) is 19.5. The molecule has 2 amide bonds. The summed E-state index contributed by atoms with van der Waals surface area (Å²) in [6.45, 7) is 5.22. The fourth-order valence-corrected chi connectivity index (χ4v) is 6.04. The van der Waals surface area contributed by atoms with E-state index in [1.807, 2.05) is 12.1 Å². The number of nitrogens with zero attached hydrogens (tertiary/aromatic N) is 2. The van der Waals surface area contributed by atoms with Crippen LogP contribution in [0.1, 0.15) is 63.5 Å². The van der Waals surface area contributed by atoms with Gasteiger partial charge < -0.3 is 25.3 Å². The zero-order chi connectivity index (χ0) is 30.5. The van der Waals surface area contributed by atoms with Crippen molar-refractivity contribution in [1.29, 1.82) is 0 Å². The zero-order valence-electron chi connectivity index (χ0n) is 23.6. The fourth-order valence-electron chi connectivity index (χ4n) is 5.11. The number of fused-ring (bicyclic) bond motifs is 1. The van der Waals surface area contributed by atoms with Crippen LogP contribution in [0, 0.1) is 15.5 Å². The van der Waals surface area contributed by atoms with E-state index in [2.05, 4.69) is 20.5 Å². The number of hydrogen-bond donors (Lipinski definition) is 3. The second kappa shape index (κ2) is 12.7. The first-order chi connectivity index (χ1) is 19.8. The first-order valence-electron chi connectivity index (χ1n) is 13.6. The lowest BCUT2D eigenvalue weighted by Crippen LogP contribution is -2.39. The van der Waals surface area contributed by atoms with Crippen molar-refractivity contribution in [2.75, 3.05) is 11.9 Å². The molecule has 1 saturated carbocycles. The van der Waals surface area contributed by atoms with Crippen molar-refractivity contribution in [2.24, 2.45) is 5.41 Å². The van der Waals surface area contributed by atoms with E-state index >= 15 is 0 Å². The maximum atomic E-state index is 13.5. The maximum absolute atomic E-state index is 13.5. The standard InChI is InChI=1S/C29H34N4O8S/c1-28(2,3)40-27(37)31-16-22(25(34)32-24-14-20-10-13-30-17-23(20)42-24)19-6-4-18(5-7-19)15-29(26(35)36)11-8-21(9-12-29)41-33(38)39/h4-7,10,13-14,17,21-22H,8-9,11-12,15-16H2,1-3H3,(H,31,37)(H,32,34)(H,35,36). The number of hydrogen-bond acceptors (Lipinski definition) is 9. The van der Waals surface area contributed by atoms with Crippen LogP contribution in [-0.4, -0.2) is 51.4 Å². The molecule has 1 aromatic carbocycles. The van der Waals surface area contributed by atoms with Crippen molar-refractivity contribution in [3.63, 3.8) is 0 Å². The van der Waals surface area contributed by atoms with E-state index in [1.165, 1.54) is 11.3 Å². The van der Waals surface area contributed by atoms with Crippen molar-refractivity contribution in [2.45, 2.75) is 70.5 Å². The van der Waals surface area contributed by atoms with Gasteiger partial charge in [-0.1, -0.05) is 24.3 Å². The number of rotatable bonds is 10. The minimum Gasteiger partial charge on any atom is -0.481 e. The topological polar surface area (TPSA) is 170 Å². The summed E-state index contributed by atoms with van der Waals surface area (Å²) in [5.41, 5.74) is -0.388. The number of alkyl carbamates (subject to hydrolysis) is 1. The van der Waals surface area contributed by atoms with Crippen molar-refractivity contribution in [1.82, 2.24) is 10.3 Å². The second-order valence-electron chi connectivity index (χ2n) is 11.5. The summed E-state index contributed by atoms with van der Waals surface area (Å²) in [6, 6.07) is 10.8. The monoisotopic (exact) mass is 598 g/mol. The summed E-state index contributed by atoms with van der Waals surface area (Å²) in [6.07, 6.45) is 3.43. The van der Waals surface area contributed by atoms with Crippen LogP contribution in [0.4, 0.5) is 9.80 Å². The Balaban J connectivity index is 1.50.